The quantitative estimate of drug-likeness (QED) is 0.431. The molecule has 2 saturated heterocycles. The average Bonchev–Trinajstić information content (AvgIpc) is 3.70. The van der Waals surface area contributed by atoms with Crippen LogP contribution in [-0.2, 0) is 27.0 Å². The van der Waals surface area contributed by atoms with Crippen molar-refractivity contribution < 1.29 is 19.1 Å². The number of rotatable bonds is 6. The van der Waals surface area contributed by atoms with Gasteiger partial charge in [-0.3, -0.25) is 19.3 Å². The summed E-state index contributed by atoms with van der Waals surface area (Å²) >= 11 is 0. The van der Waals surface area contributed by atoms with Crippen molar-refractivity contribution in [3.63, 3.8) is 0 Å². The third-order valence-electron chi connectivity index (χ3n) is 9.47. The zero-order chi connectivity index (χ0) is 27.6. The maximum atomic E-state index is 14.8. The van der Waals surface area contributed by atoms with Gasteiger partial charge in [-0.1, -0.05) is 62.4 Å². The highest BCUT2D eigenvalue weighted by molar-refractivity contribution is 6.21. The van der Waals surface area contributed by atoms with Crippen molar-refractivity contribution in [3.8, 4) is 5.75 Å². The summed E-state index contributed by atoms with van der Waals surface area (Å²) in [5.41, 5.74) is 1.70. The van der Waals surface area contributed by atoms with Crippen molar-refractivity contribution in [2.75, 3.05) is 23.8 Å². The molecule has 4 heterocycles. The van der Waals surface area contributed by atoms with Crippen LogP contribution in [0.15, 0.2) is 66.7 Å². The molecule has 7 heteroatoms. The van der Waals surface area contributed by atoms with Gasteiger partial charge in [0.2, 0.25) is 5.91 Å². The molecule has 0 aliphatic carbocycles. The van der Waals surface area contributed by atoms with Crippen LogP contribution in [0.3, 0.4) is 0 Å². The fourth-order valence-corrected chi connectivity index (χ4v) is 8.10. The van der Waals surface area contributed by atoms with E-state index < -0.39 is 16.9 Å². The number of carbonyl (C=O) groups is 3. The second kappa shape index (κ2) is 9.03. The zero-order valence-corrected chi connectivity index (χ0v) is 22.8. The highest BCUT2D eigenvalue weighted by atomic mass is 16.5. The lowest BCUT2D eigenvalue weighted by atomic mass is 9.57. The van der Waals surface area contributed by atoms with Gasteiger partial charge in [0.25, 0.3) is 5.91 Å². The van der Waals surface area contributed by atoms with E-state index in [9.17, 15) is 14.4 Å². The van der Waals surface area contributed by atoms with Crippen LogP contribution < -0.4 is 15.4 Å². The van der Waals surface area contributed by atoms with Gasteiger partial charge in [-0.15, -0.1) is 0 Å². The number of anilines is 2. The lowest BCUT2D eigenvalue weighted by molar-refractivity contribution is -0.137. The highest BCUT2D eigenvalue weighted by Gasteiger charge is 2.81. The van der Waals surface area contributed by atoms with E-state index in [-0.39, 0.29) is 23.6 Å². The van der Waals surface area contributed by atoms with Crippen LogP contribution in [0, 0.1) is 5.92 Å². The molecule has 4 aliphatic rings. The Hall–Kier alpha value is -3.97. The second-order valence-electron chi connectivity index (χ2n) is 11.3. The SMILES string of the molecule is CCCOc1cccc(C(=O)C2C3CCCN3C3(C(=O)Nc4c(CC)cccc43)C23C(=O)Nc2ccccc23)c1. The molecule has 40 heavy (non-hydrogen) atoms. The molecule has 2 amide bonds. The lowest BCUT2D eigenvalue weighted by Crippen LogP contribution is -2.62. The molecule has 0 radical (unpaired) electrons. The monoisotopic (exact) mass is 535 g/mol. The predicted molar refractivity (Wildman–Crippen MR) is 153 cm³/mol. The molecule has 0 saturated carbocycles. The van der Waals surface area contributed by atoms with Gasteiger partial charge < -0.3 is 15.4 Å². The van der Waals surface area contributed by atoms with Gasteiger partial charge in [-0.2, -0.15) is 0 Å². The number of nitrogens with one attached hydrogen (secondary N) is 2. The number of carbonyl (C=O) groups excluding carboxylic acids is 3. The molecule has 3 aromatic rings. The summed E-state index contributed by atoms with van der Waals surface area (Å²) in [6, 6.07) is 20.5. The van der Waals surface area contributed by atoms with Crippen molar-refractivity contribution in [2.45, 2.75) is 56.5 Å². The van der Waals surface area contributed by atoms with Crippen molar-refractivity contribution in [2.24, 2.45) is 5.92 Å². The molecule has 2 N–H and O–H groups in total. The molecule has 2 spiro atoms. The van der Waals surface area contributed by atoms with Crippen molar-refractivity contribution in [1.82, 2.24) is 4.90 Å². The van der Waals surface area contributed by atoms with E-state index in [0.29, 0.717) is 30.2 Å². The molecule has 4 aliphatic heterocycles. The Morgan fingerprint density at radius 2 is 1.77 bits per heavy atom. The summed E-state index contributed by atoms with van der Waals surface area (Å²) in [5.74, 6) is -0.773. The molecular formula is C33H33N3O4. The number of aryl methyl sites for hydroxylation is 1. The predicted octanol–water partition coefficient (Wildman–Crippen LogP) is 5.05. The molecule has 0 bridgehead atoms. The number of para-hydroxylation sites is 2. The van der Waals surface area contributed by atoms with E-state index in [4.69, 9.17) is 4.74 Å². The summed E-state index contributed by atoms with van der Waals surface area (Å²) in [6.07, 6.45) is 3.18. The minimum Gasteiger partial charge on any atom is -0.494 e. The number of ether oxygens (including phenoxy) is 1. The molecule has 4 atom stereocenters. The van der Waals surface area contributed by atoms with E-state index in [0.717, 1.165) is 48.1 Å². The van der Waals surface area contributed by atoms with Gasteiger partial charge in [-0.25, -0.2) is 0 Å². The second-order valence-corrected chi connectivity index (χ2v) is 11.3. The number of benzene rings is 3. The summed E-state index contributed by atoms with van der Waals surface area (Å²) < 4.78 is 5.87. The molecule has 3 aromatic carbocycles. The minimum atomic E-state index is -1.44. The van der Waals surface area contributed by atoms with Gasteiger partial charge >= 0.3 is 0 Å². The molecule has 7 rings (SSSR count). The first-order chi connectivity index (χ1) is 19.5. The lowest BCUT2D eigenvalue weighted by Gasteiger charge is -2.43. The number of fused-ring (bicyclic) bond motifs is 7. The van der Waals surface area contributed by atoms with Gasteiger partial charge in [0.05, 0.1) is 12.5 Å². The Morgan fingerprint density at radius 3 is 2.60 bits per heavy atom. The molecule has 0 aromatic heterocycles. The largest absolute Gasteiger partial charge is 0.494 e. The number of amides is 2. The number of hydrogen-bond acceptors (Lipinski definition) is 5. The van der Waals surface area contributed by atoms with Gasteiger partial charge in [0, 0.05) is 28.5 Å². The van der Waals surface area contributed by atoms with Gasteiger partial charge in [0.15, 0.2) is 5.78 Å². The van der Waals surface area contributed by atoms with Gasteiger partial charge in [0.1, 0.15) is 16.7 Å². The maximum Gasteiger partial charge on any atom is 0.251 e. The zero-order valence-electron chi connectivity index (χ0n) is 22.8. The number of Topliss-reactive ketones (excluding diaryl/α,β-unsaturated/α-hetero) is 1. The Kier molecular flexibility index (Phi) is 5.65. The molecular weight excluding hydrogens is 502 g/mol. The third-order valence-corrected chi connectivity index (χ3v) is 9.47. The van der Waals surface area contributed by atoms with Crippen LogP contribution in [0.1, 0.15) is 60.2 Å². The van der Waals surface area contributed by atoms with Crippen molar-refractivity contribution in [1.29, 1.82) is 0 Å². The number of hydrogen-bond donors (Lipinski definition) is 2. The van der Waals surface area contributed by atoms with Crippen LogP contribution in [-0.4, -0.2) is 41.7 Å². The summed E-state index contributed by atoms with van der Waals surface area (Å²) in [6.45, 7) is 5.29. The normalized spacial score (nSPS) is 27.9. The van der Waals surface area contributed by atoms with Crippen molar-refractivity contribution >= 4 is 29.0 Å². The third kappa shape index (κ3) is 2.96. The van der Waals surface area contributed by atoms with Crippen LogP contribution in [0.5, 0.6) is 5.75 Å². The van der Waals surface area contributed by atoms with Crippen LogP contribution in [0.25, 0.3) is 0 Å². The summed E-state index contributed by atoms with van der Waals surface area (Å²) in [7, 11) is 0. The Labute approximate surface area is 233 Å². The Balaban J connectivity index is 1.52. The first-order valence-electron chi connectivity index (χ1n) is 14.4. The first-order valence-corrected chi connectivity index (χ1v) is 14.4. The van der Waals surface area contributed by atoms with E-state index in [2.05, 4.69) is 22.5 Å². The fourth-order valence-electron chi connectivity index (χ4n) is 8.10. The topological polar surface area (TPSA) is 87.7 Å². The van der Waals surface area contributed by atoms with Crippen LogP contribution >= 0.6 is 0 Å². The standard InChI is InChI=1S/C33H33N3O4/c1-3-18-40-22-12-7-11-21(19-22)29(37)27-26-16-9-17-36(26)33(24-14-8-10-20(4-2)28(24)35-31(33)39)32(27)23-13-5-6-15-25(23)34-30(32)38/h5-8,10-15,19,26-27H,3-4,9,16-18H2,1-2H3,(H,34,38)(H,35,39). The van der Waals surface area contributed by atoms with E-state index in [1.54, 1.807) is 12.1 Å². The fraction of sp³-hybridized carbons (Fsp3) is 0.364. The summed E-state index contributed by atoms with van der Waals surface area (Å²) in [5, 5.41) is 6.31. The van der Waals surface area contributed by atoms with E-state index in [1.165, 1.54) is 0 Å². The smallest absolute Gasteiger partial charge is 0.251 e. The molecule has 2 fully saturated rings. The molecule has 4 unspecified atom stereocenters. The highest BCUT2D eigenvalue weighted by Crippen LogP contribution is 2.68. The number of ketones is 1. The average molecular weight is 536 g/mol. The van der Waals surface area contributed by atoms with Gasteiger partial charge in [-0.05, 0) is 61.6 Å². The minimum absolute atomic E-state index is 0.129. The Bertz CT molecular complexity index is 1570. The van der Waals surface area contributed by atoms with Crippen LogP contribution in [0.4, 0.5) is 11.4 Å². The maximum absolute atomic E-state index is 14.8. The summed E-state index contributed by atoms with van der Waals surface area (Å²) in [4.78, 5) is 46.2. The Morgan fingerprint density at radius 1 is 0.975 bits per heavy atom. The molecule has 7 nitrogen and oxygen atoms in total. The first kappa shape index (κ1) is 25.0. The van der Waals surface area contributed by atoms with Crippen molar-refractivity contribution in [3.05, 3.63) is 89.0 Å². The van der Waals surface area contributed by atoms with E-state index >= 15 is 0 Å². The number of nitrogens with zero attached hydrogens (tertiary/aromatic N) is 1. The van der Waals surface area contributed by atoms with E-state index in [1.807, 2.05) is 61.5 Å². The van der Waals surface area contributed by atoms with Crippen LogP contribution in [0.2, 0.25) is 0 Å². The molecule has 204 valence electrons.